The van der Waals surface area contributed by atoms with Crippen LogP contribution in [0.5, 0.6) is 0 Å². The molecule has 0 bridgehead atoms. The van der Waals surface area contributed by atoms with Crippen LogP contribution in [0.25, 0.3) is 0 Å². The topological polar surface area (TPSA) is 61.9 Å². The molecule has 0 radical (unpaired) electrons. The van der Waals surface area contributed by atoms with Gasteiger partial charge in [-0.2, -0.15) is 0 Å². The molecule has 0 spiro atoms. The Morgan fingerprint density at radius 2 is 1.96 bits per heavy atom. The zero-order chi connectivity index (χ0) is 16.9. The van der Waals surface area contributed by atoms with Crippen molar-refractivity contribution in [2.75, 3.05) is 31.1 Å². The van der Waals surface area contributed by atoms with E-state index < -0.39 is 0 Å². The highest BCUT2D eigenvalue weighted by atomic mass is 127. The highest BCUT2D eigenvalue weighted by molar-refractivity contribution is 14.0. The first-order valence-electron chi connectivity index (χ1n) is 9.08. The number of guanidine groups is 1. The molecule has 1 aromatic rings. The van der Waals surface area contributed by atoms with Crippen molar-refractivity contribution in [3.05, 3.63) is 29.8 Å². The number of para-hydroxylation sites is 1. The number of nitrogens with zero attached hydrogens (tertiary/aromatic N) is 3. The second-order valence-corrected chi connectivity index (χ2v) is 6.94. The van der Waals surface area contributed by atoms with E-state index in [1.165, 1.54) is 18.4 Å². The summed E-state index contributed by atoms with van der Waals surface area (Å²) in [5.74, 6) is 1.62. The Morgan fingerprint density at radius 3 is 2.72 bits per heavy atom. The van der Waals surface area contributed by atoms with E-state index in [1.54, 1.807) is 0 Å². The minimum atomic E-state index is 0. The van der Waals surface area contributed by atoms with Crippen molar-refractivity contribution in [2.24, 2.45) is 16.6 Å². The van der Waals surface area contributed by atoms with Gasteiger partial charge in [-0.3, -0.25) is 9.79 Å². The second kappa shape index (κ2) is 9.40. The molecule has 2 N–H and O–H groups in total. The van der Waals surface area contributed by atoms with Gasteiger partial charge in [-0.05, 0) is 43.2 Å². The van der Waals surface area contributed by atoms with Crippen LogP contribution >= 0.6 is 24.0 Å². The fourth-order valence-corrected chi connectivity index (χ4v) is 3.49. The van der Waals surface area contributed by atoms with Crippen molar-refractivity contribution in [1.82, 2.24) is 4.90 Å². The number of nitrogens with two attached hydrogens (primary N) is 1. The van der Waals surface area contributed by atoms with E-state index in [0.29, 0.717) is 18.9 Å². The van der Waals surface area contributed by atoms with Crippen molar-refractivity contribution < 1.29 is 4.79 Å². The molecule has 5 nitrogen and oxygen atoms in total. The number of fused-ring (bicyclic) bond motifs is 1. The average molecular weight is 456 g/mol. The third kappa shape index (κ3) is 5.09. The normalized spacial score (nSPS) is 18.0. The van der Waals surface area contributed by atoms with Crippen LogP contribution in [0.2, 0.25) is 0 Å². The lowest BCUT2D eigenvalue weighted by Gasteiger charge is -2.31. The number of hydrogen-bond donors (Lipinski definition) is 1. The van der Waals surface area contributed by atoms with Gasteiger partial charge in [-0.15, -0.1) is 24.0 Å². The van der Waals surface area contributed by atoms with E-state index in [1.807, 2.05) is 23.1 Å². The van der Waals surface area contributed by atoms with E-state index in [0.717, 1.165) is 44.1 Å². The largest absolute Gasteiger partial charge is 0.370 e. The van der Waals surface area contributed by atoms with Crippen molar-refractivity contribution in [3.8, 4) is 0 Å². The fraction of sp³-hybridized carbons (Fsp3) is 0.579. The summed E-state index contributed by atoms with van der Waals surface area (Å²) in [6.45, 7) is 5.71. The summed E-state index contributed by atoms with van der Waals surface area (Å²) in [5.41, 5.74) is 8.42. The summed E-state index contributed by atoms with van der Waals surface area (Å²) >= 11 is 0. The van der Waals surface area contributed by atoms with E-state index in [2.05, 4.69) is 22.9 Å². The molecule has 0 aromatic heterocycles. The van der Waals surface area contributed by atoms with Crippen LogP contribution in [-0.4, -0.2) is 42.9 Å². The lowest BCUT2D eigenvalue weighted by Crippen LogP contribution is -2.42. The highest BCUT2D eigenvalue weighted by Gasteiger charge is 2.23. The zero-order valence-corrected chi connectivity index (χ0v) is 17.3. The molecular weight excluding hydrogens is 427 g/mol. The molecule has 138 valence electrons. The molecule has 0 unspecified atom stereocenters. The molecule has 0 saturated carbocycles. The van der Waals surface area contributed by atoms with Gasteiger partial charge < -0.3 is 15.5 Å². The summed E-state index contributed by atoms with van der Waals surface area (Å²) < 4.78 is 0. The van der Waals surface area contributed by atoms with Gasteiger partial charge in [-0.1, -0.05) is 25.1 Å². The average Bonchev–Trinajstić information content (AvgIpc) is 3.03. The second-order valence-electron chi connectivity index (χ2n) is 6.94. The van der Waals surface area contributed by atoms with Gasteiger partial charge >= 0.3 is 0 Å². The van der Waals surface area contributed by atoms with Crippen LogP contribution in [0.1, 0.15) is 38.2 Å². The third-order valence-corrected chi connectivity index (χ3v) is 5.12. The SMILES string of the molecule is CC1CCN(C(N)=NCCCC(=O)N2CCc3ccccc32)CC1.I. The summed E-state index contributed by atoms with van der Waals surface area (Å²) in [5, 5.41) is 0. The standard InChI is InChI=1S/C19H28N4O.HI/c1-15-8-12-22(13-9-15)19(20)21-11-4-7-18(24)23-14-10-16-5-2-3-6-17(16)23;/h2-3,5-6,15H,4,7-14H2,1H3,(H2,20,21);1H. The number of carbonyl (C=O) groups excluding carboxylic acids is 1. The molecule has 1 saturated heterocycles. The van der Waals surface area contributed by atoms with Crippen molar-refractivity contribution in [3.63, 3.8) is 0 Å². The van der Waals surface area contributed by atoms with Crippen LogP contribution in [-0.2, 0) is 11.2 Å². The molecule has 0 aliphatic carbocycles. The first-order valence-corrected chi connectivity index (χ1v) is 9.08. The fourth-order valence-electron chi connectivity index (χ4n) is 3.49. The van der Waals surface area contributed by atoms with Gasteiger partial charge in [0.05, 0.1) is 0 Å². The molecule has 2 aliphatic heterocycles. The van der Waals surface area contributed by atoms with Crippen LogP contribution in [0.15, 0.2) is 29.3 Å². The number of piperidine rings is 1. The Balaban J connectivity index is 0.00000225. The van der Waals surface area contributed by atoms with E-state index in [4.69, 9.17) is 5.73 Å². The summed E-state index contributed by atoms with van der Waals surface area (Å²) in [6, 6.07) is 8.17. The third-order valence-electron chi connectivity index (χ3n) is 5.12. The summed E-state index contributed by atoms with van der Waals surface area (Å²) in [6.07, 6.45) is 4.61. The highest BCUT2D eigenvalue weighted by Crippen LogP contribution is 2.28. The number of likely N-dealkylation sites (tertiary alicyclic amines) is 1. The quantitative estimate of drug-likeness (QED) is 0.328. The van der Waals surface area contributed by atoms with Crippen LogP contribution in [0, 0.1) is 5.92 Å². The molecule has 2 aliphatic rings. The Kier molecular flexibility index (Phi) is 7.53. The number of carbonyl (C=O) groups is 1. The first-order chi connectivity index (χ1) is 11.6. The van der Waals surface area contributed by atoms with Gasteiger partial charge in [0.1, 0.15) is 0 Å². The maximum absolute atomic E-state index is 12.4. The lowest BCUT2D eigenvalue weighted by molar-refractivity contribution is -0.118. The van der Waals surface area contributed by atoms with Gasteiger partial charge in [0.2, 0.25) is 5.91 Å². The molecule has 1 aromatic carbocycles. The molecule has 25 heavy (non-hydrogen) atoms. The van der Waals surface area contributed by atoms with Crippen LogP contribution < -0.4 is 10.6 Å². The predicted octanol–water partition coefficient (Wildman–Crippen LogP) is 3.02. The molecule has 2 heterocycles. The van der Waals surface area contributed by atoms with Gasteiger partial charge in [0.25, 0.3) is 0 Å². The molecule has 3 rings (SSSR count). The maximum Gasteiger partial charge on any atom is 0.227 e. The molecule has 0 atom stereocenters. The van der Waals surface area contributed by atoms with E-state index in [9.17, 15) is 4.79 Å². The van der Waals surface area contributed by atoms with Crippen molar-refractivity contribution in [1.29, 1.82) is 0 Å². The lowest BCUT2D eigenvalue weighted by atomic mass is 10.00. The number of benzene rings is 1. The first kappa shape index (κ1) is 20.0. The Bertz CT molecular complexity index is 611. The van der Waals surface area contributed by atoms with Crippen LogP contribution in [0.3, 0.4) is 0 Å². The number of aliphatic imine (C=N–C) groups is 1. The number of hydrogen-bond acceptors (Lipinski definition) is 2. The predicted molar refractivity (Wildman–Crippen MR) is 114 cm³/mol. The Labute approximate surface area is 167 Å². The molecule has 1 amide bonds. The number of anilines is 1. The van der Waals surface area contributed by atoms with Crippen molar-refractivity contribution in [2.45, 2.75) is 39.0 Å². The Hall–Kier alpha value is -1.31. The van der Waals surface area contributed by atoms with Gasteiger partial charge in [0.15, 0.2) is 5.96 Å². The smallest absolute Gasteiger partial charge is 0.227 e. The number of amides is 1. The monoisotopic (exact) mass is 456 g/mol. The molecule has 1 fully saturated rings. The van der Waals surface area contributed by atoms with Crippen LogP contribution in [0.4, 0.5) is 5.69 Å². The molecular formula is C19H29IN4O. The van der Waals surface area contributed by atoms with Crippen molar-refractivity contribution >= 4 is 41.5 Å². The van der Waals surface area contributed by atoms with E-state index >= 15 is 0 Å². The zero-order valence-electron chi connectivity index (χ0n) is 15.0. The minimum Gasteiger partial charge on any atom is -0.370 e. The number of halogens is 1. The summed E-state index contributed by atoms with van der Waals surface area (Å²) in [7, 11) is 0. The Morgan fingerprint density at radius 1 is 1.24 bits per heavy atom. The minimum absolute atomic E-state index is 0. The van der Waals surface area contributed by atoms with Gasteiger partial charge in [0, 0.05) is 38.3 Å². The number of rotatable bonds is 4. The maximum atomic E-state index is 12.4. The molecule has 6 heteroatoms. The summed E-state index contributed by atoms with van der Waals surface area (Å²) in [4.78, 5) is 21.0. The van der Waals surface area contributed by atoms with Gasteiger partial charge in [-0.25, -0.2) is 0 Å². The van der Waals surface area contributed by atoms with E-state index in [-0.39, 0.29) is 29.9 Å².